The minimum absolute atomic E-state index is 0.0117. The quantitative estimate of drug-likeness (QED) is 0.731. The van der Waals surface area contributed by atoms with Gasteiger partial charge in [-0.1, -0.05) is 6.92 Å². The van der Waals surface area contributed by atoms with E-state index in [1.165, 1.54) is 0 Å². The summed E-state index contributed by atoms with van der Waals surface area (Å²) in [5, 5.41) is 6.21. The molecule has 1 rings (SSSR count). The Labute approximate surface area is 100 Å². The second-order valence-electron chi connectivity index (χ2n) is 4.68. The Kier molecular flexibility index (Phi) is 4.92. The summed E-state index contributed by atoms with van der Waals surface area (Å²) < 4.78 is 11.1. The van der Waals surface area contributed by atoms with Crippen molar-refractivity contribution in [2.75, 3.05) is 25.1 Å². The Balaban J connectivity index is 2.53. The molecule has 3 atom stereocenters. The fraction of sp³-hybridized carbons (Fsp3) is 0.909. The molecule has 1 heterocycles. The van der Waals surface area contributed by atoms with Crippen LogP contribution in [0.25, 0.3) is 0 Å². The molecule has 1 amide bonds. The minimum Gasteiger partial charge on any atom is -0.352 e. The molecule has 0 saturated carbocycles. The van der Waals surface area contributed by atoms with Crippen molar-refractivity contribution in [3.8, 4) is 0 Å². The van der Waals surface area contributed by atoms with E-state index < -0.39 is 10.8 Å². The normalized spacial score (nSPS) is 28.7. The number of nitrogens with one attached hydrogen (secondary N) is 2. The van der Waals surface area contributed by atoms with E-state index in [1.54, 1.807) is 6.26 Å². The third kappa shape index (κ3) is 3.28. The van der Waals surface area contributed by atoms with Crippen LogP contribution in [0.3, 0.4) is 0 Å². The predicted octanol–water partition coefficient (Wildman–Crippen LogP) is 0.259. The monoisotopic (exact) mass is 246 g/mol. The largest absolute Gasteiger partial charge is 0.352 e. The van der Waals surface area contributed by atoms with E-state index in [0.717, 1.165) is 25.9 Å². The summed E-state index contributed by atoms with van der Waals surface area (Å²) in [5.41, 5.74) is -0.247. The van der Waals surface area contributed by atoms with Gasteiger partial charge in [-0.15, -0.1) is 0 Å². The van der Waals surface area contributed by atoms with Crippen LogP contribution in [-0.4, -0.2) is 41.3 Å². The van der Waals surface area contributed by atoms with Crippen molar-refractivity contribution < 1.29 is 9.00 Å². The molecular weight excluding hydrogens is 224 g/mol. The number of rotatable bonds is 5. The number of carbonyl (C=O) groups excluding carboxylic acids is 1. The van der Waals surface area contributed by atoms with Gasteiger partial charge in [0.1, 0.15) is 0 Å². The summed E-state index contributed by atoms with van der Waals surface area (Å²) in [6.45, 7) is 5.63. The number of carbonyl (C=O) groups is 1. The molecule has 94 valence electrons. The second-order valence-corrected chi connectivity index (χ2v) is 6.15. The van der Waals surface area contributed by atoms with Gasteiger partial charge in [0.25, 0.3) is 0 Å². The lowest BCUT2D eigenvalue weighted by Crippen LogP contribution is -2.47. The molecule has 0 aromatic heterocycles. The molecule has 1 fully saturated rings. The Morgan fingerprint density at radius 3 is 2.75 bits per heavy atom. The van der Waals surface area contributed by atoms with Crippen molar-refractivity contribution in [1.29, 1.82) is 0 Å². The van der Waals surface area contributed by atoms with Crippen molar-refractivity contribution in [1.82, 2.24) is 10.6 Å². The average Bonchev–Trinajstić information content (AvgIpc) is 2.65. The molecule has 0 radical (unpaired) electrons. The average molecular weight is 246 g/mol. The van der Waals surface area contributed by atoms with E-state index >= 15 is 0 Å². The zero-order valence-corrected chi connectivity index (χ0v) is 11.2. The molecule has 0 aromatic rings. The minimum atomic E-state index is -0.859. The lowest BCUT2D eigenvalue weighted by atomic mass is 9.83. The van der Waals surface area contributed by atoms with Crippen LogP contribution in [0.5, 0.6) is 0 Å². The van der Waals surface area contributed by atoms with E-state index in [0.29, 0.717) is 5.75 Å². The van der Waals surface area contributed by atoms with Crippen molar-refractivity contribution >= 4 is 16.7 Å². The van der Waals surface area contributed by atoms with Gasteiger partial charge in [0.05, 0.1) is 5.41 Å². The molecule has 5 heteroatoms. The molecule has 1 aliphatic rings. The first-order chi connectivity index (χ1) is 7.50. The summed E-state index contributed by atoms with van der Waals surface area (Å²) in [6, 6.07) is -0.0117. The van der Waals surface area contributed by atoms with Gasteiger partial charge >= 0.3 is 0 Å². The van der Waals surface area contributed by atoms with Gasteiger partial charge < -0.3 is 10.6 Å². The van der Waals surface area contributed by atoms with E-state index in [2.05, 4.69) is 17.6 Å². The highest BCUT2D eigenvalue weighted by Gasteiger charge is 2.39. The highest BCUT2D eigenvalue weighted by atomic mass is 32.2. The van der Waals surface area contributed by atoms with Crippen LogP contribution >= 0.6 is 0 Å². The van der Waals surface area contributed by atoms with Crippen LogP contribution in [-0.2, 0) is 15.6 Å². The van der Waals surface area contributed by atoms with Crippen LogP contribution in [0.1, 0.15) is 26.7 Å². The number of hydrogen-bond acceptors (Lipinski definition) is 3. The molecule has 0 aromatic carbocycles. The Bertz CT molecular complexity index is 275. The third-order valence-corrected chi connectivity index (χ3v) is 4.23. The highest BCUT2D eigenvalue weighted by molar-refractivity contribution is 7.84. The maximum atomic E-state index is 12.1. The van der Waals surface area contributed by atoms with Gasteiger partial charge in [-0.2, -0.15) is 0 Å². The van der Waals surface area contributed by atoms with Crippen molar-refractivity contribution in [2.45, 2.75) is 32.7 Å². The first kappa shape index (κ1) is 13.6. The van der Waals surface area contributed by atoms with Gasteiger partial charge in [-0.05, 0) is 26.3 Å². The van der Waals surface area contributed by atoms with Crippen LogP contribution in [0.4, 0.5) is 0 Å². The second kappa shape index (κ2) is 5.77. The van der Waals surface area contributed by atoms with Crippen molar-refractivity contribution in [3.05, 3.63) is 0 Å². The lowest BCUT2D eigenvalue weighted by Gasteiger charge is -2.27. The van der Waals surface area contributed by atoms with Gasteiger partial charge in [-0.3, -0.25) is 9.00 Å². The SMILES string of the molecule is CCC1(C(=O)NC(C)CS(C)=O)CCNC1. The third-order valence-electron chi connectivity index (χ3n) is 3.26. The summed E-state index contributed by atoms with van der Waals surface area (Å²) in [7, 11) is -0.859. The van der Waals surface area contributed by atoms with Crippen molar-refractivity contribution in [3.63, 3.8) is 0 Å². The zero-order chi connectivity index (χ0) is 12.2. The molecule has 1 saturated heterocycles. The van der Waals surface area contributed by atoms with E-state index in [4.69, 9.17) is 0 Å². The molecule has 0 bridgehead atoms. The van der Waals surface area contributed by atoms with Crippen LogP contribution in [0.15, 0.2) is 0 Å². The van der Waals surface area contributed by atoms with Gasteiger partial charge in [0, 0.05) is 35.4 Å². The van der Waals surface area contributed by atoms with Gasteiger partial charge in [0.15, 0.2) is 0 Å². The molecule has 4 nitrogen and oxygen atoms in total. The van der Waals surface area contributed by atoms with E-state index in [1.807, 2.05) is 6.92 Å². The topological polar surface area (TPSA) is 58.2 Å². The van der Waals surface area contributed by atoms with E-state index in [9.17, 15) is 9.00 Å². The van der Waals surface area contributed by atoms with Crippen LogP contribution in [0.2, 0.25) is 0 Å². The maximum absolute atomic E-state index is 12.1. The molecule has 0 spiro atoms. The number of amides is 1. The molecule has 16 heavy (non-hydrogen) atoms. The summed E-state index contributed by atoms with van der Waals surface area (Å²) >= 11 is 0. The maximum Gasteiger partial charge on any atom is 0.227 e. The molecule has 1 aliphatic heterocycles. The highest BCUT2D eigenvalue weighted by Crippen LogP contribution is 2.29. The van der Waals surface area contributed by atoms with Crippen molar-refractivity contribution in [2.24, 2.45) is 5.41 Å². The smallest absolute Gasteiger partial charge is 0.227 e. The predicted molar refractivity (Wildman–Crippen MR) is 66.7 cm³/mol. The van der Waals surface area contributed by atoms with Gasteiger partial charge in [0.2, 0.25) is 5.91 Å². The van der Waals surface area contributed by atoms with E-state index in [-0.39, 0.29) is 17.4 Å². The number of hydrogen-bond donors (Lipinski definition) is 2. The van der Waals surface area contributed by atoms with Crippen LogP contribution < -0.4 is 10.6 Å². The molecule has 0 aliphatic carbocycles. The van der Waals surface area contributed by atoms with Crippen LogP contribution in [0, 0.1) is 5.41 Å². The standard InChI is InChI=1S/C11H22N2O2S/c1-4-11(5-6-12-8-11)10(14)13-9(2)7-16(3)15/h9,12H,4-8H2,1-3H3,(H,13,14). The summed E-state index contributed by atoms with van der Waals surface area (Å²) in [4.78, 5) is 12.1. The Morgan fingerprint density at radius 1 is 1.62 bits per heavy atom. The lowest BCUT2D eigenvalue weighted by molar-refractivity contribution is -0.130. The molecule has 2 N–H and O–H groups in total. The van der Waals surface area contributed by atoms with Gasteiger partial charge in [-0.25, -0.2) is 0 Å². The summed E-state index contributed by atoms with van der Waals surface area (Å²) in [6.07, 6.45) is 3.42. The Hall–Kier alpha value is -0.420. The first-order valence-corrected chi connectivity index (χ1v) is 7.54. The summed E-state index contributed by atoms with van der Waals surface area (Å²) in [5.74, 6) is 0.636. The first-order valence-electron chi connectivity index (χ1n) is 5.82. The fourth-order valence-electron chi connectivity index (χ4n) is 2.17. The molecular formula is C11H22N2O2S. The molecule has 3 unspecified atom stereocenters. The zero-order valence-electron chi connectivity index (χ0n) is 10.3. The Morgan fingerprint density at radius 2 is 2.31 bits per heavy atom. The fourth-order valence-corrected chi connectivity index (χ4v) is 2.96.